The monoisotopic (exact) mass is 236 g/mol. The maximum Gasteiger partial charge on any atom is 0.251 e. The molecular weight excluding hydrogens is 219 g/mol. The van der Waals surface area contributed by atoms with Crippen LogP contribution in [-0.2, 0) is 0 Å². The lowest BCUT2D eigenvalue weighted by atomic mass is 10.1. The van der Waals surface area contributed by atoms with Gasteiger partial charge in [-0.2, -0.15) is 0 Å². The molecule has 3 nitrogen and oxygen atoms in total. The Hall–Kier alpha value is -1.42. The molecule has 0 radical (unpaired) electrons. The zero-order valence-corrected chi connectivity index (χ0v) is 9.71. The van der Waals surface area contributed by atoms with Crippen LogP contribution in [0.4, 0.5) is 4.39 Å². The van der Waals surface area contributed by atoms with Crippen LogP contribution in [0.3, 0.4) is 0 Å². The molecule has 0 aliphatic carbocycles. The summed E-state index contributed by atoms with van der Waals surface area (Å²) in [6.07, 6.45) is 3.52. The van der Waals surface area contributed by atoms with Gasteiger partial charge in [-0.05, 0) is 43.7 Å². The zero-order chi connectivity index (χ0) is 12.1. The van der Waals surface area contributed by atoms with E-state index in [2.05, 4.69) is 10.6 Å². The fourth-order valence-corrected chi connectivity index (χ4v) is 2.02. The maximum absolute atomic E-state index is 12.7. The number of carbonyl (C=O) groups excluding carboxylic acids is 1. The Morgan fingerprint density at radius 2 is 2.12 bits per heavy atom. The molecule has 0 bridgehead atoms. The molecule has 1 aromatic rings. The molecule has 0 saturated carbocycles. The van der Waals surface area contributed by atoms with Crippen molar-refractivity contribution in [1.82, 2.24) is 10.6 Å². The normalized spacial score (nSPS) is 19.9. The van der Waals surface area contributed by atoms with Gasteiger partial charge in [0.25, 0.3) is 5.91 Å². The van der Waals surface area contributed by atoms with Crippen molar-refractivity contribution >= 4 is 5.91 Å². The van der Waals surface area contributed by atoms with E-state index in [0.717, 1.165) is 13.0 Å². The van der Waals surface area contributed by atoms with Gasteiger partial charge in [0.1, 0.15) is 5.82 Å². The zero-order valence-electron chi connectivity index (χ0n) is 9.71. The summed E-state index contributed by atoms with van der Waals surface area (Å²) in [7, 11) is 0. The van der Waals surface area contributed by atoms with Crippen molar-refractivity contribution in [1.29, 1.82) is 0 Å². The molecule has 0 aromatic heterocycles. The Morgan fingerprint density at radius 1 is 1.35 bits per heavy atom. The van der Waals surface area contributed by atoms with Gasteiger partial charge in [0.15, 0.2) is 0 Å². The molecule has 0 spiro atoms. The van der Waals surface area contributed by atoms with Crippen molar-refractivity contribution < 1.29 is 9.18 Å². The topological polar surface area (TPSA) is 41.1 Å². The third-order valence-corrected chi connectivity index (χ3v) is 3.03. The summed E-state index contributed by atoms with van der Waals surface area (Å²) in [6, 6.07) is 5.97. The van der Waals surface area contributed by atoms with E-state index >= 15 is 0 Å². The van der Waals surface area contributed by atoms with Crippen molar-refractivity contribution in [3.05, 3.63) is 35.6 Å². The summed E-state index contributed by atoms with van der Waals surface area (Å²) in [4.78, 5) is 11.7. The summed E-state index contributed by atoms with van der Waals surface area (Å²) in [5, 5.41) is 6.22. The molecule has 1 saturated heterocycles. The number of benzene rings is 1. The minimum atomic E-state index is -0.324. The van der Waals surface area contributed by atoms with Gasteiger partial charge in [-0.25, -0.2) is 4.39 Å². The summed E-state index contributed by atoms with van der Waals surface area (Å²) in [6.45, 7) is 1.66. The number of piperidine rings is 1. The first-order chi connectivity index (χ1) is 8.25. The number of hydrogen-bond donors (Lipinski definition) is 2. The molecule has 1 amide bonds. The predicted molar refractivity (Wildman–Crippen MR) is 64.4 cm³/mol. The lowest BCUT2D eigenvalue weighted by Crippen LogP contribution is -2.43. The number of carbonyl (C=O) groups is 1. The van der Waals surface area contributed by atoms with E-state index in [4.69, 9.17) is 0 Å². The molecule has 2 rings (SSSR count). The standard InChI is InChI=1S/C13H17FN2O/c14-11-6-4-10(5-7-11)13(17)16-9-12-3-1-2-8-15-12/h4-7,12,15H,1-3,8-9H2,(H,16,17). The average Bonchev–Trinajstić information content (AvgIpc) is 2.38. The summed E-state index contributed by atoms with van der Waals surface area (Å²) in [5.74, 6) is -0.465. The van der Waals surface area contributed by atoms with Gasteiger partial charge < -0.3 is 10.6 Å². The lowest BCUT2D eigenvalue weighted by Gasteiger charge is -2.23. The smallest absolute Gasteiger partial charge is 0.251 e. The molecule has 17 heavy (non-hydrogen) atoms. The molecule has 1 aromatic carbocycles. The van der Waals surface area contributed by atoms with Crippen molar-refractivity contribution in [2.24, 2.45) is 0 Å². The SMILES string of the molecule is O=C(NCC1CCCCN1)c1ccc(F)cc1. The van der Waals surface area contributed by atoms with Gasteiger partial charge in [0.05, 0.1) is 0 Å². The second kappa shape index (κ2) is 5.77. The van der Waals surface area contributed by atoms with Gasteiger partial charge in [-0.15, -0.1) is 0 Å². The number of amides is 1. The first-order valence-corrected chi connectivity index (χ1v) is 6.03. The number of nitrogens with one attached hydrogen (secondary N) is 2. The van der Waals surface area contributed by atoms with Crippen LogP contribution in [-0.4, -0.2) is 25.0 Å². The molecule has 2 N–H and O–H groups in total. The first kappa shape index (κ1) is 12.0. The summed E-state index contributed by atoms with van der Waals surface area (Å²) < 4.78 is 12.7. The highest BCUT2D eigenvalue weighted by Gasteiger charge is 2.13. The highest BCUT2D eigenvalue weighted by Crippen LogP contribution is 2.06. The van der Waals surface area contributed by atoms with Gasteiger partial charge in [-0.3, -0.25) is 4.79 Å². The minimum Gasteiger partial charge on any atom is -0.350 e. The Balaban J connectivity index is 1.82. The average molecular weight is 236 g/mol. The van der Waals surface area contributed by atoms with E-state index < -0.39 is 0 Å². The minimum absolute atomic E-state index is 0.141. The molecular formula is C13H17FN2O. The Bertz CT molecular complexity index is 372. The maximum atomic E-state index is 12.7. The number of hydrogen-bond acceptors (Lipinski definition) is 2. The molecule has 4 heteroatoms. The van der Waals surface area contributed by atoms with Crippen LogP contribution in [0.25, 0.3) is 0 Å². The largest absolute Gasteiger partial charge is 0.350 e. The molecule has 1 aliphatic rings. The predicted octanol–water partition coefficient (Wildman–Crippen LogP) is 1.70. The van der Waals surface area contributed by atoms with E-state index in [0.29, 0.717) is 18.2 Å². The van der Waals surface area contributed by atoms with Gasteiger partial charge in [0, 0.05) is 18.2 Å². The molecule has 1 atom stereocenters. The summed E-state index contributed by atoms with van der Waals surface area (Å²) >= 11 is 0. The number of rotatable bonds is 3. The molecule has 1 fully saturated rings. The van der Waals surface area contributed by atoms with E-state index in [1.807, 2.05) is 0 Å². The van der Waals surface area contributed by atoms with Crippen molar-refractivity contribution in [2.45, 2.75) is 25.3 Å². The van der Waals surface area contributed by atoms with Crippen molar-refractivity contribution in [3.8, 4) is 0 Å². The van der Waals surface area contributed by atoms with Crippen LogP contribution in [0.5, 0.6) is 0 Å². The van der Waals surface area contributed by atoms with Crippen LogP contribution in [0.2, 0.25) is 0 Å². The van der Waals surface area contributed by atoms with E-state index in [-0.39, 0.29) is 11.7 Å². The molecule has 1 aliphatic heterocycles. The van der Waals surface area contributed by atoms with E-state index in [1.54, 1.807) is 0 Å². The lowest BCUT2D eigenvalue weighted by molar-refractivity contribution is 0.0947. The second-order valence-electron chi connectivity index (χ2n) is 4.36. The van der Waals surface area contributed by atoms with Crippen LogP contribution < -0.4 is 10.6 Å². The Kier molecular flexibility index (Phi) is 4.09. The van der Waals surface area contributed by atoms with Gasteiger partial charge >= 0.3 is 0 Å². The van der Waals surface area contributed by atoms with Gasteiger partial charge in [-0.1, -0.05) is 6.42 Å². The molecule has 92 valence electrons. The highest BCUT2D eigenvalue weighted by atomic mass is 19.1. The van der Waals surface area contributed by atoms with Crippen molar-refractivity contribution in [2.75, 3.05) is 13.1 Å². The Morgan fingerprint density at radius 3 is 2.76 bits per heavy atom. The van der Waals surface area contributed by atoms with Crippen LogP contribution in [0, 0.1) is 5.82 Å². The molecule has 1 unspecified atom stereocenters. The van der Waals surface area contributed by atoms with Crippen LogP contribution in [0.1, 0.15) is 29.6 Å². The number of halogens is 1. The van der Waals surface area contributed by atoms with E-state index in [1.165, 1.54) is 37.1 Å². The van der Waals surface area contributed by atoms with Crippen LogP contribution in [0.15, 0.2) is 24.3 Å². The highest BCUT2D eigenvalue weighted by molar-refractivity contribution is 5.94. The van der Waals surface area contributed by atoms with Crippen LogP contribution >= 0.6 is 0 Å². The quantitative estimate of drug-likeness (QED) is 0.838. The third-order valence-electron chi connectivity index (χ3n) is 3.03. The molecule has 1 heterocycles. The fourth-order valence-electron chi connectivity index (χ4n) is 2.02. The Labute approximate surface area is 100 Å². The second-order valence-corrected chi connectivity index (χ2v) is 4.36. The van der Waals surface area contributed by atoms with E-state index in [9.17, 15) is 9.18 Å². The van der Waals surface area contributed by atoms with Crippen molar-refractivity contribution in [3.63, 3.8) is 0 Å². The first-order valence-electron chi connectivity index (χ1n) is 6.03. The van der Waals surface area contributed by atoms with Gasteiger partial charge in [0.2, 0.25) is 0 Å². The summed E-state index contributed by atoms with van der Waals surface area (Å²) in [5.41, 5.74) is 0.502. The fraction of sp³-hybridized carbons (Fsp3) is 0.462. The third kappa shape index (κ3) is 3.53.